The van der Waals surface area contributed by atoms with Crippen molar-refractivity contribution >= 4 is 16.9 Å². The van der Waals surface area contributed by atoms with Crippen LogP contribution in [0, 0.1) is 22.1 Å². The summed E-state index contributed by atoms with van der Waals surface area (Å²) in [6.07, 6.45) is 17.2. The first-order chi connectivity index (χ1) is 27.1. The van der Waals surface area contributed by atoms with Crippen LogP contribution in [0.3, 0.4) is 0 Å². The highest BCUT2D eigenvalue weighted by molar-refractivity contribution is 5.88. The molecule has 56 heavy (non-hydrogen) atoms. The lowest BCUT2D eigenvalue weighted by Gasteiger charge is -2.32. The molecule has 2 aliphatic carbocycles. The number of fused-ring (bicyclic) bond motifs is 2. The molecule has 0 saturated heterocycles. The van der Waals surface area contributed by atoms with E-state index in [9.17, 15) is 0 Å². The third-order valence-corrected chi connectivity index (χ3v) is 10.1. The van der Waals surface area contributed by atoms with Gasteiger partial charge in [0, 0.05) is 16.7 Å². The number of allylic oxidation sites excluding steroid dienone is 10. The SMILES string of the molecule is CC1CC(/C=C/C=C/C=C2/CC(C)Cc3c(-c4ccccc4)cc(-c4ccccc4)[o+]c32)=C2OC(c3ccccc3)=CC(c3ccccc3)=C2C1.[O-][Cl+3]([O-])([O-])[O-]. The van der Waals surface area contributed by atoms with Gasteiger partial charge in [0.25, 0.3) is 0 Å². The molecule has 6 nitrogen and oxygen atoms in total. The second kappa shape index (κ2) is 17.5. The lowest BCUT2D eigenvalue weighted by Crippen LogP contribution is -2.68. The summed E-state index contributed by atoms with van der Waals surface area (Å²) in [5.74, 6) is 4.84. The minimum absolute atomic E-state index is 0.517. The number of halogens is 1. The zero-order chi connectivity index (χ0) is 39.1. The quantitative estimate of drug-likeness (QED) is 0.122. The van der Waals surface area contributed by atoms with Crippen LogP contribution in [0.15, 0.2) is 185 Å². The molecule has 7 heteroatoms. The van der Waals surface area contributed by atoms with Crippen molar-refractivity contribution in [1.82, 2.24) is 0 Å². The van der Waals surface area contributed by atoms with Crippen molar-refractivity contribution in [3.05, 3.63) is 203 Å². The predicted molar refractivity (Wildman–Crippen MR) is 212 cm³/mol. The van der Waals surface area contributed by atoms with Crippen molar-refractivity contribution in [3.8, 4) is 22.5 Å². The third-order valence-electron chi connectivity index (χ3n) is 10.1. The standard InChI is InChI=1S/C49H43O2.ClHO4/c1-34-28-40(48-44(30-34)42(36-18-8-3-9-19-36)32-46(50-48)38-22-12-5-13-23-38)26-16-7-17-27-41-29-35(2)31-45-43(37-20-10-4-11-21-37)33-47(51-49(41)45)39-24-14-6-15-25-39;2-1(3,4)5/h3-27,32-35H,28-31H2,1-2H3;(H,2,3,4,5)/q+1;/p-1. The molecular formula is C49H43ClO6. The van der Waals surface area contributed by atoms with Gasteiger partial charge in [-0.3, -0.25) is 0 Å². The van der Waals surface area contributed by atoms with Crippen molar-refractivity contribution in [2.45, 2.75) is 39.5 Å². The van der Waals surface area contributed by atoms with Gasteiger partial charge in [-0.05, 0) is 84.1 Å². The summed E-state index contributed by atoms with van der Waals surface area (Å²) in [5.41, 5.74) is 12.2. The Morgan fingerprint density at radius 1 is 0.625 bits per heavy atom. The van der Waals surface area contributed by atoms with Gasteiger partial charge in [0.15, 0.2) is 0 Å². The summed E-state index contributed by atoms with van der Waals surface area (Å²) in [7, 11) is -4.94. The summed E-state index contributed by atoms with van der Waals surface area (Å²) in [4.78, 5) is 0. The number of ether oxygens (including phenoxy) is 1. The highest BCUT2D eigenvalue weighted by Crippen LogP contribution is 2.46. The molecule has 4 aromatic carbocycles. The first-order valence-electron chi connectivity index (χ1n) is 18.8. The summed E-state index contributed by atoms with van der Waals surface area (Å²) >= 11 is 0. The molecule has 2 heterocycles. The summed E-state index contributed by atoms with van der Waals surface area (Å²) in [5, 5.41) is 0. The monoisotopic (exact) mass is 762 g/mol. The molecule has 1 aromatic heterocycles. The molecule has 2 atom stereocenters. The van der Waals surface area contributed by atoms with Crippen molar-refractivity contribution < 1.29 is 38.0 Å². The number of hydrogen-bond acceptors (Lipinski definition) is 5. The van der Waals surface area contributed by atoms with Gasteiger partial charge in [-0.25, -0.2) is 23.1 Å². The Bertz CT molecular complexity index is 2330. The number of benzene rings is 4. The minimum atomic E-state index is -4.94. The van der Waals surface area contributed by atoms with E-state index in [1.54, 1.807) is 0 Å². The molecule has 8 rings (SSSR count). The maximum atomic E-state index is 8.49. The zero-order valence-corrected chi connectivity index (χ0v) is 32.2. The van der Waals surface area contributed by atoms with E-state index < -0.39 is 10.2 Å². The van der Waals surface area contributed by atoms with Gasteiger partial charge in [-0.2, -0.15) is 0 Å². The Labute approximate surface area is 330 Å². The van der Waals surface area contributed by atoms with Gasteiger partial charge in [0.05, 0.1) is 22.8 Å². The Kier molecular flexibility index (Phi) is 12.1. The maximum absolute atomic E-state index is 8.49. The fourth-order valence-electron chi connectivity index (χ4n) is 7.72. The third kappa shape index (κ3) is 9.61. The van der Waals surface area contributed by atoms with Gasteiger partial charge in [0.2, 0.25) is 0 Å². The lowest BCUT2D eigenvalue weighted by atomic mass is 9.80. The molecule has 0 spiro atoms. The lowest BCUT2D eigenvalue weighted by molar-refractivity contribution is -2.00. The van der Waals surface area contributed by atoms with E-state index in [0.717, 1.165) is 59.8 Å². The molecule has 3 aliphatic rings. The molecular weight excluding hydrogens is 720 g/mol. The fourth-order valence-corrected chi connectivity index (χ4v) is 7.72. The largest absolute Gasteiger partial charge is 0.456 e. The van der Waals surface area contributed by atoms with Gasteiger partial charge < -0.3 is 4.74 Å². The van der Waals surface area contributed by atoms with Crippen molar-refractivity contribution in [1.29, 1.82) is 0 Å². The smallest absolute Gasteiger partial charge is 0.361 e. The molecule has 2 unspecified atom stereocenters. The second-order valence-corrected chi connectivity index (χ2v) is 15.3. The molecule has 0 N–H and O–H groups in total. The van der Waals surface area contributed by atoms with Crippen LogP contribution in [0.5, 0.6) is 0 Å². The molecule has 0 bridgehead atoms. The number of rotatable bonds is 7. The summed E-state index contributed by atoms with van der Waals surface area (Å²) in [6, 6.07) is 44.6. The molecule has 1 aliphatic heterocycles. The Morgan fingerprint density at radius 2 is 1.18 bits per heavy atom. The van der Waals surface area contributed by atoms with Gasteiger partial charge in [0.1, 0.15) is 11.5 Å². The van der Waals surface area contributed by atoms with Crippen LogP contribution in [0.1, 0.15) is 55.6 Å². The fraction of sp³-hybridized carbons (Fsp3) is 0.163. The van der Waals surface area contributed by atoms with E-state index in [1.165, 1.54) is 44.5 Å². The molecule has 0 amide bonds. The van der Waals surface area contributed by atoms with Crippen LogP contribution < -0.4 is 18.6 Å². The van der Waals surface area contributed by atoms with E-state index in [4.69, 9.17) is 27.8 Å². The van der Waals surface area contributed by atoms with Crippen molar-refractivity contribution in [3.63, 3.8) is 0 Å². The Hall–Kier alpha value is -5.60. The van der Waals surface area contributed by atoms with Crippen molar-refractivity contribution in [2.24, 2.45) is 11.8 Å². The number of hydrogen-bond donors (Lipinski definition) is 0. The van der Waals surface area contributed by atoms with E-state index in [2.05, 4.69) is 178 Å². The molecule has 0 saturated carbocycles. The van der Waals surface area contributed by atoms with Crippen LogP contribution in [0.2, 0.25) is 0 Å². The second-order valence-electron chi connectivity index (χ2n) is 14.5. The van der Waals surface area contributed by atoms with Gasteiger partial charge >= 0.3 is 11.5 Å². The minimum Gasteiger partial charge on any atom is -0.456 e. The molecule has 282 valence electrons. The summed E-state index contributed by atoms with van der Waals surface area (Å²) in [6.45, 7) is 4.69. The predicted octanol–water partition coefficient (Wildman–Crippen LogP) is 8.43. The van der Waals surface area contributed by atoms with E-state index in [1.807, 2.05) is 0 Å². The molecule has 0 fully saturated rings. The van der Waals surface area contributed by atoms with E-state index in [-0.39, 0.29) is 0 Å². The Balaban J connectivity index is 0.000000905. The average molecular weight is 763 g/mol. The van der Waals surface area contributed by atoms with Gasteiger partial charge in [-0.15, -0.1) is 10.2 Å². The van der Waals surface area contributed by atoms with Crippen LogP contribution >= 0.6 is 0 Å². The molecule has 5 aromatic rings. The van der Waals surface area contributed by atoms with E-state index in [0.29, 0.717) is 11.8 Å². The van der Waals surface area contributed by atoms with Crippen LogP contribution in [-0.4, -0.2) is 0 Å². The average Bonchev–Trinajstić information content (AvgIpc) is 3.20. The van der Waals surface area contributed by atoms with Crippen LogP contribution in [-0.2, 0) is 11.2 Å². The van der Waals surface area contributed by atoms with E-state index >= 15 is 0 Å². The Morgan fingerprint density at radius 3 is 1.80 bits per heavy atom. The van der Waals surface area contributed by atoms with Crippen LogP contribution in [0.4, 0.5) is 0 Å². The first-order valence-corrected chi connectivity index (χ1v) is 20.1. The topological polar surface area (TPSA) is 113 Å². The van der Waals surface area contributed by atoms with Gasteiger partial charge in [-0.1, -0.05) is 147 Å². The highest BCUT2D eigenvalue weighted by Gasteiger charge is 2.34. The molecule has 0 radical (unpaired) electrons. The van der Waals surface area contributed by atoms with Crippen LogP contribution in [0.25, 0.3) is 39.4 Å². The first kappa shape index (κ1) is 38.7. The summed E-state index contributed by atoms with van der Waals surface area (Å²) < 4.78 is 47.5. The maximum Gasteiger partial charge on any atom is 0.361 e. The highest BCUT2D eigenvalue weighted by atomic mass is 35.7. The normalized spacial score (nSPS) is 19.0. The zero-order valence-electron chi connectivity index (χ0n) is 31.4. The van der Waals surface area contributed by atoms with Crippen molar-refractivity contribution in [2.75, 3.05) is 0 Å².